The first kappa shape index (κ1) is 25.9. The van der Waals surface area contributed by atoms with E-state index in [0.29, 0.717) is 48.9 Å². The van der Waals surface area contributed by atoms with E-state index in [1.54, 1.807) is 6.07 Å². The predicted molar refractivity (Wildman–Crippen MR) is 123 cm³/mol. The average Bonchev–Trinajstić information content (AvgIpc) is 3.38. The van der Waals surface area contributed by atoms with Gasteiger partial charge in [-0.15, -0.1) is 0 Å². The fourth-order valence-electron chi connectivity index (χ4n) is 4.04. The fourth-order valence-corrected chi connectivity index (χ4v) is 4.04. The van der Waals surface area contributed by atoms with Crippen molar-refractivity contribution in [2.45, 2.75) is 24.6 Å². The maximum Gasteiger partial charge on any atom is 0.328 e. The van der Waals surface area contributed by atoms with Gasteiger partial charge < -0.3 is 34.5 Å². The molecule has 3 unspecified atom stereocenters. The Morgan fingerprint density at radius 1 is 1.17 bits per heavy atom. The number of carboxylic acid groups (broad SMARTS) is 2. The van der Waals surface area contributed by atoms with Crippen LogP contribution in [0.2, 0.25) is 0 Å². The number of aliphatic carboxylic acids is 2. The van der Waals surface area contributed by atoms with Crippen molar-refractivity contribution in [3.8, 4) is 11.5 Å². The van der Waals surface area contributed by atoms with E-state index in [-0.39, 0.29) is 12.4 Å². The summed E-state index contributed by atoms with van der Waals surface area (Å²) in [4.78, 5) is 34.1. The smallest absolute Gasteiger partial charge is 0.328 e. The molecule has 11 nitrogen and oxygen atoms in total. The topological polar surface area (TPSA) is 159 Å². The summed E-state index contributed by atoms with van der Waals surface area (Å²) >= 11 is 0. The van der Waals surface area contributed by atoms with Gasteiger partial charge in [0.2, 0.25) is 0 Å². The Bertz CT molecular complexity index is 1040. The molecule has 3 heterocycles. The highest BCUT2D eigenvalue weighted by Gasteiger charge is 2.47. The maximum atomic E-state index is 13.0. The lowest BCUT2D eigenvalue weighted by Crippen LogP contribution is -2.67. The van der Waals surface area contributed by atoms with Crippen LogP contribution in [0.15, 0.2) is 59.4 Å². The summed E-state index contributed by atoms with van der Waals surface area (Å²) in [7, 11) is 0. The molecule has 0 aliphatic carbocycles. The van der Waals surface area contributed by atoms with Crippen LogP contribution in [0.4, 0.5) is 0 Å². The lowest BCUT2D eigenvalue weighted by molar-refractivity contribution is -0.134. The number of furan rings is 1. The molecule has 3 atom stereocenters. The van der Waals surface area contributed by atoms with E-state index in [9.17, 15) is 19.5 Å². The van der Waals surface area contributed by atoms with Crippen LogP contribution in [-0.2, 0) is 9.59 Å². The van der Waals surface area contributed by atoms with Gasteiger partial charge in [-0.2, -0.15) is 0 Å². The molecule has 11 heteroatoms. The average molecular weight is 488 g/mol. The number of para-hydroxylation sites is 2. The van der Waals surface area contributed by atoms with Crippen molar-refractivity contribution in [2.75, 3.05) is 32.8 Å². The van der Waals surface area contributed by atoms with Gasteiger partial charge in [0.15, 0.2) is 22.9 Å². The number of rotatable bonds is 7. The second-order valence-corrected chi connectivity index (χ2v) is 8.19. The van der Waals surface area contributed by atoms with E-state index in [2.05, 4.69) is 5.32 Å². The Labute approximate surface area is 201 Å². The van der Waals surface area contributed by atoms with Crippen LogP contribution >= 0.6 is 0 Å². The number of ketones is 1. The second kappa shape index (κ2) is 11.6. The van der Waals surface area contributed by atoms with Crippen molar-refractivity contribution in [3.63, 3.8) is 0 Å². The lowest BCUT2D eigenvalue weighted by Gasteiger charge is -2.48. The van der Waals surface area contributed by atoms with Crippen molar-refractivity contribution in [2.24, 2.45) is 0 Å². The molecular formula is C24H28N2O9. The lowest BCUT2D eigenvalue weighted by atomic mass is 9.91. The highest BCUT2D eigenvalue weighted by molar-refractivity contribution is 6.00. The number of benzene rings is 1. The van der Waals surface area contributed by atoms with Crippen LogP contribution in [0.3, 0.4) is 0 Å². The number of hydrogen-bond acceptors (Lipinski definition) is 9. The molecule has 0 saturated carbocycles. The van der Waals surface area contributed by atoms with Gasteiger partial charge in [0, 0.05) is 31.8 Å². The van der Waals surface area contributed by atoms with Crippen molar-refractivity contribution < 1.29 is 43.6 Å². The van der Waals surface area contributed by atoms with E-state index >= 15 is 0 Å². The van der Waals surface area contributed by atoms with Gasteiger partial charge in [0.05, 0.1) is 30.5 Å². The summed E-state index contributed by atoms with van der Waals surface area (Å²) in [5.41, 5.74) is -0.253. The molecule has 188 valence electrons. The highest BCUT2D eigenvalue weighted by Crippen LogP contribution is 2.37. The molecule has 4 N–H and O–H groups in total. The molecule has 35 heavy (non-hydrogen) atoms. The van der Waals surface area contributed by atoms with Crippen LogP contribution < -0.4 is 14.8 Å². The van der Waals surface area contributed by atoms with Crippen molar-refractivity contribution in [1.82, 2.24) is 10.2 Å². The van der Waals surface area contributed by atoms with Gasteiger partial charge in [-0.3, -0.25) is 9.69 Å². The Morgan fingerprint density at radius 3 is 2.46 bits per heavy atom. The molecule has 0 bridgehead atoms. The molecule has 1 aromatic carbocycles. The molecular weight excluding hydrogens is 460 g/mol. The molecule has 0 spiro atoms. The molecule has 2 aromatic rings. The summed E-state index contributed by atoms with van der Waals surface area (Å²) in [5.74, 6) is -1.20. The first-order chi connectivity index (χ1) is 16.7. The predicted octanol–water partition coefficient (Wildman–Crippen LogP) is 1.04. The van der Waals surface area contributed by atoms with Crippen LogP contribution in [0.1, 0.15) is 17.3 Å². The number of carbonyl (C=O) groups is 3. The molecule has 0 amide bonds. The normalized spacial score (nSPS) is 22.6. The largest absolute Gasteiger partial charge is 0.485 e. The first-order valence-electron chi connectivity index (χ1n) is 10.9. The Kier molecular flexibility index (Phi) is 8.63. The van der Waals surface area contributed by atoms with Gasteiger partial charge in [-0.05, 0) is 25.1 Å². The number of hydrogen-bond donors (Lipinski definition) is 4. The quantitative estimate of drug-likeness (QED) is 0.326. The number of nitrogens with zero attached hydrogens (tertiary/aromatic N) is 1. The van der Waals surface area contributed by atoms with Gasteiger partial charge in [-0.25, -0.2) is 9.59 Å². The minimum atomic E-state index is -1.26. The van der Waals surface area contributed by atoms with Crippen LogP contribution in [0.5, 0.6) is 11.5 Å². The summed E-state index contributed by atoms with van der Waals surface area (Å²) in [6.45, 7) is 3.95. The van der Waals surface area contributed by atoms with E-state index in [1.807, 2.05) is 36.1 Å². The van der Waals surface area contributed by atoms with Crippen LogP contribution in [0.25, 0.3) is 0 Å². The van der Waals surface area contributed by atoms with Crippen molar-refractivity contribution in [1.29, 1.82) is 0 Å². The number of aliphatic hydroxyl groups excluding tert-OH is 1. The van der Waals surface area contributed by atoms with Crippen molar-refractivity contribution in [3.05, 3.63) is 60.6 Å². The molecule has 1 fully saturated rings. The Morgan fingerprint density at radius 2 is 1.86 bits per heavy atom. The van der Waals surface area contributed by atoms with Gasteiger partial charge >= 0.3 is 11.9 Å². The Hall–Kier alpha value is -3.67. The number of aliphatic hydroxyl groups is 1. The summed E-state index contributed by atoms with van der Waals surface area (Å²) in [5, 5.41) is 29.1. The summed E-state index contributed by atoms with van der Waals surface area (Å²) in [6, 6.07) is 8.36. The minimum absolute atomic E-state index is 0.0323. The molecule has 1 aromatic heterocycles. The standard InChI is InChI=1S/C20H24N2O5.C4H4O4/c1-20(13-26-16-4-2-3-5-17(16)27-20)18(11-23)22-8-7-21-10-15(22)19(24)14-6-9-25-12-14;5-3(6)1-2-4(7)8/h2-6,9,12,15,18,21,23H,7-8,10-11,13H2,1H3;1-2H,(H,5,6)(H,7,8)/b;2-1-. The van der Waals surface area contributed by atoms with Crippen LogP contribution in [0, 0.1) is 0 Å². The molecule has 4 rings (SSSR count). The highest BCUT2D eigenvalue weighted by atomic mass is 16.6. The number of ether oxygens (including phenoxy) is 2. The second-order valence-electron chi connectivity index (χ2n) is 8.19. The first-order valence-corrected chi connectivity index (χ1v) is 10.9. The molecule has 0 radical (unpaired) electrons. The van der Waals surface area contributed by atoms with E-state index < -0.39 is 29.6 Å². The summed E-state index contributed by atoms with van der Waals surface area (Å²) < 4.78 is 17.2. The zero-order chi connectivity index (χ0) is 25.4. The number of carbonyl (C=O) groups excluding carboxylic acids is 1. The van der Waals surface area contributed by atoms with E-state index in [0.717, 1.165) is 6.54 Å². The minimum Gasteiger partial charge on any atom is -0.485 e. The molecule has 1 saturated heterocycles. The zero-order valence-electron chi connectivity index (χ0n) is 19.1. The van der Waals surface area contributed by atoms with E-state index in [1.165, 1.54) is 12.5 Å². The zero-order valence-corrected chi connectivity index (χ0v) is 19.1. The van der Waals surface area contributed by atoms with Crippen molar-refractivity contribution >= 4 is 17.7 Å². The number of piperazine rings is 1. The number of Topliss-reactive ketones (excluding diaryl/α,β-unsaturated/α-hetero) is 1. The third-order valence-corrected chi connectivity index (χ3v) is 5.75. The number of nitrogens with one attached hydrogen (secondary N) is 1. The summed E-state index contributed by atoms with van der Waals surface area (Å²) in [6.07, 6.45) is 4.07. The third-order valence-electron chi connectivity index (χ3n) is 5.75. The maximum absolute atomic E-state index is 13.0. The molecule has 2 aliphatic heterocycles. The molecule has 2 aliphatic rings. The Balaban J connectivity index is 0.000000371. The number of carboxylic acids is 2. The third kappa shape index (κ3) is 6.47. The monoisotopic (exact) mass is 488 g/mol. The van der Waals surface area contributed by atoms with Crippen LogP contribution in [-0.4, -0.2) is 88.5 Å². The van der Waals surface area contributed by atoms with Gasteiger partial charge in [-0.1, -0.05) is 12.1 Å². The van der Waals surface area contributed by atoms with Gasteiger partial charge in [0.25, 0.3) is 0 Å². The fraction of sp³-hybridized carbons (Fsp3) is 0.375. The van der Waals surface area contributed by atoms with E-state index in [4.69, 9.17) is 24.1 Å². The number of fused-ring (bicyclic) bond motifs is 1. The SMILES string of the molecule is CC1(C(CO)N2CCNCC2C(=O)c2ccoc2)COc2ccccc2O1.O=C(O)/C=C\C(=O)O. The van der Waals surface area contributed by atoms with Gasteiger partial charge in [0.1, 0.15) is 12.9 Å².